The summed E-state index contributed by atoms with van der Waals surface area (Å²) in [6.07, 6.45) is 4.35. The zero-order valence-corrected chi connectivity index (χ0v) is 19.2. The Hall–Kier alpha value is -3.51. The molecule has 1 aliphatic heterocycles. The Morgan fingerprint density at radius 3 is 2.39 bits per heavy atom. The van der Waals surface area contributed by atoms with Crippen LogP contribution in [0.2, 0.25) is 0 Å². The van der Waals surface area contributed by atoms with E-state index >= 15 is 0 Å². The van der Waals surface area contributed by atoms with Gasteiger partial charge in [0.25, 0.3) is 0 Å². The van der Waals surface area contributed by atoms with Crippen molar-refractivity contribution in [2.45, 2.75) is 13.0 Å². The Kier molecular flexibility index (Phi) is 5.92. The van der Waals surface area contributed by atoms with Gasteiger partial charge in [-0.1, -0.05) is 36.4 Å². The second kappa shape index (κ2) is 9.16. The van der Waals surface area contributed by atoms with Gasteiger partial charge in [0.15, 0.2) is 0 Å². The lowest BCUT2D eigenvalue weighted by Crippen LogP contribution is -2.34. The molecule has 3 heterocycles. The number of hydrogen-bond donors (Lipinski definition) is 0. The monoisotopic (exact) mass is 439 g/mol. The first-order chi connectivity index (χ1) is 16.1. The van der Waals surface area contributed by atoms with Gasteiger partial charge in [0, 0.05) is 46.1 Å². The third-order valence-corrected chi connectivity index (χ3v) is 6.65. The molecule has 0 aliphatic carbocycles. The van der Waals surface area contributed by atoms with Crippen LogP contribution in [-0.4, -0.2) is 56.9 Å². The van der Waals surface area contributed by atoms with E-state index in [9.17, 15) is 4.79 Å². The fourth-order valence-electron chi connectivity index (χ4n) is 4.69. The molecule has 0 N–H and O–H groups in total. The maximum Gasteiger partial charge on any atom is 0.227 e. The summed E-state index contributed by atoms with van der Waals surface area (Å²) in [7, 11) is 3.99. The van der Waals surface area contributed by atoms with Gasteiger partial charge in [-0.2, -0.15) is 0 Å². The molecule has 2 aromatic heterocycles. The van der Waals surface area contributed by atoms with Crippen molar-refractivity contribution in [1.82, 2.24) is 24.3 Å². The van der Waals surface area contributed by atoms with Crippen LogP contribution in [0.5, 0.6) is 0 Å². The maximum atomic E-state index is 13.1. The second-order valence-corrected chi connectivity index (χ2v) is 8.90. The highest BCUT2D eigenvalue weighted by Crippen LogP contribution is 2.23. The molecular weight excluding hydrogens is 410 g/mol. The Bertz CT molecular complexity index is 1250. The van der Waals surface area contributed by atoms with Crippen molar-refractivity contribution in [3.63, 3.8) is 0 Å². The summed E-state index contributed by atoms with van der Waals surface area (Å²) in [6, 6.07) is 20.8. The van der Waals surface area contributed by atoms with E-state index in [1.807, 2.05) is 48.6 Å². The van der Waals surface area contributed by atoms with Gasteiger partial charge in [0.05, 0.1) is 23.5 Å². The van der Waals surface area contributed by atoms with Gasteiger partial charge in [0.1, 0.15) is 5.82 Å². The van der Waals surface area contributed by atoms with E-state index in [4.69, 9.17) is 4.98 Å². The number of pyridine rings is 1. The summed E-state index contributed by atoms with van der Waals surface area (Å²) < 4.78 is 2.17. The number of amides is 1. The molecular formula is C27H29N5O. The lowest BCUT2D eigenvalue weighted by atomic mass is 9.96. The zero-order chi connectivity index (χ0) is 22.8. The third-order valence-electron chi connectivity index (χ3n) is 6.65. The molecule has 5 rings (SSSR count). The Morgan fingerprint density at radius 2 is 1.64 bits per heavy atom. The number of para-hydroxylation sites is 2. The van der Waals surface area contributed by atoms with Crippen molar-refractivity contribution in [2.75, 3.05) is 26.7 Å². The largest absolute Gasteiger partial charge is 0.344 e. The van der Waals surface area contributed by atoms with Crippen LogP contribution in [0.4, 0.5) is 0 Å². The minimum absolute atomic E-state index is 0.0704. The number of likely N-dealkylation sites (N-methyl/N-ethyl adjacent to an activating group) is 1. The minimum atomic E-state index is -0.0704. The molecule has 0 spiro atoms. The standard InChI is InChI=1S/C27H29N5O/c1-30-15-16-32(19-26-29-24-5-3-4-6-25(24)31(26)2)18-23(27(30)33)17-20-7-9-21(10-8-20)22-11-13-28-14-12-22/h3-14,23H,15-19H2,1-2H3. The fraction of sp³-hybridized carbons (Fsp3) is 0.296. The van der Waals surface area contributed by atoms with E-state index in [0.29, 0.717) is 0 Å². The van der Waals surface area contributed by atoms with Crippen molar-refractivity contribution < 1.29 is 4.79 Å². The average molecular weight is 440 g/mol. The van der Waals surface area contributed by atoms with Crippen LogP contribution < -0.4 is 0 Å². The minimum Gasteiger partial charge on any atom is -0.344 e. The Labute approximate surface area is 194 Å². The number of imidazole rings is 1. The van der Waals surface area contributed by atoms with E-state index < -0.39 is 0 Å². The molecule has 1 fully saturated rings. The van der Waals surface area contributed by atoms with E-state index in [1.54, 1.807) is 0 Å². The molecule has 0 radical (unpaired) electrons. The van der Waals surface area contributed by atoms with Crippen LogP contribution in [-0.2, 0) is 24.8 Å². The molecule has 0 saturated carbocycles. The number of carbonyl (C=O) groups is 1. The van der Waals surface area contributed by atoms with Gasteiger partial charge in [0.2, 0.25) is 5.91 Å². The topological polar surface area (TPSA) is 54.3 Å². The molecule has 6 heteroatoms. The van der Waals surface area contributed by atoms with E-state index in [2.05, 4.69) is 57.9 Å². The molecule has 1 atom stereocenters. The van der Waals surface area contributed by atoms with E-state index in [0.717, 1.165) is 60.6 Å². The van der Waals surface area contributed by atoms with Crippen LogP contribution in [0.3, 0.4) is 0 Å². The van der Waals surface area contributed by atoms with Gasteiger partial charge in [-0.25, -0.2) is 4.98 Å². The molecule has 168 valence electrons. The van der Waals surface area contributed by atoms with Crippen molar-refractivity contribution in [1.29, 1.82) is 0 Å². The lowest BCUT2D eigenvalue weighted by molar-refractivity contribution is -0.133. The predicted octanol–water partition coefficient (Wildman–Crippen LogP) is 3.77. The van der Waals surface area contributed by atoms with E-state index in [1.165, 1.54) is 5.56 Å². The van der Waals surface area contributed by atoms with Gasteiger partial charge >= 0.3 is 0 Å². The molecule has 1 amide bonds. The molecule has 6 nitrogen and oxygen atoms in total. The van der Waals surface area contributed by atoms with Gasteiger partial charge in [-0.15, -0.1) is 0 Å². The Balaban J connectivity index is 1.33. The number of hydrogen-bond acceptors (Lipinski definition) is 4. The number of rotatable bonds is 5. The predicted molar refractivity (Wildman–Crippen MR) is 130 cm³/mol. The van der Waals surface area contributed by atoms with Gasteiger partial charge in [-0.3, -0.25) is 14.7 Å². The summed E-state index contributed by atoms with van der Waals surface area (Å²) in [5, 5.41) is 0. The van der Waals surface area contributed by atoms with Crippen molar-refractivity contribution >= 4 is 16.9 Å². The van der Waals surface area contributed by atoms with Crippen molar-refractivity contribution in [3.8, 4) is 11.1 Å². The molecule has 4 aromatic rings. The lowest BCUT2D eigenvalue weighted by Gasteiger charge is -2.23. The number of benzene rings is 2. The number of nitrogens with zero attached hydrogens (tertiary/aromatic N) is 5. The number of carbonyl (C=O) groups excluding carboxylic acids is 1. The normalized spacial score (nSPS) is 17.5. The van der Waals surface area contributed by atoms with Crippen LogP contribution >= 0.6 is 0 Å². The molecule has 1 unspecified atom stereocenters. The smallest absolute Gasteiger partial charge is 0.227 e. The third kappa shape index (κ3) is 4.52. The summed E-state index contributed by atoms with van der Waals surface area (Å²) in [4.78, 5) is 26.3. The first-order valence-electron chi connectivity index (χ1n) is 11.5. The highest BCUT2D eigenvalue weighted by molar-refractivity contribution is 5.79. The fourth-order valence-corrected chi connectivity index (χ4v) is 4.69. The molecule has 2 aromatic carbocycles. The first kappa shape index (κ1) is 21.3. The first-order valence-corrected chi connectivity index (χ1v) is 11.5. The number of fused-ring (bicyclic) bond motifs is 1. The van der Waals surface area contributed by atoms with E-state index in [-0.39, 0.29) is 11.8 Å². The summed E-state index contributed by atoms with van der Waals surface area (Å²) in [5.41, 5.74) is 5.65. The molecule has 33 heavy (non-hydrogen) atoms. The summed E-state index contributed by atoms with van der Waals surface area (Å²) >= 11 is 0. The maximum absolute atomic E-state index is 13.1. The molecule has 1 aliphatic rings. The average Bonchev–Trinajstić information content (AvgIpc) is 3.10. The zero-order valence-electron chi connectivity index (χ0n) is 19.2. The highest BCUT2D eigenvalue weighted by Gasteiger charge is 2.29. The number of aromatic nitrogens is 3. The van der Waals surface area contributed by atoms with Crippen molar-refractivity contribution in [2.24, 2.45) is 13.0 Å². The highest BCUT2D eigenvalue weighted by atomic mass is 16.2. The summed E-state index contributed by atoms with van der Waals surface area (Å²) in [5.74, 6) is 1.19. The van der Waals surface area contributed by atoms with Crippen molar-refractivity contribution in [3.05, 3.63) is 84.4 Å². The quantitative estimate of drug-likeness (QED) is 0.475. The molecule has 0 bridgehead atoms. The van der Waals surface area contributed by atoms with Crippen LogP contribution in [0, 0.1) is 5.92 Å². The van der Waals surface area contributed by atoms with Gasteiger partial charge in [-0.05, 0) is 47.4 Å². The number of aryl methyl sites for hydroxylation is 1. The molecule has 1 saturated heterocycles. The van der Waals surface area contributed by atoms with Gasteiger partial charge < -0.3 is 9.47 Å². The summed E-state index contributed by atoms with van der Waals surface area (Å²) in [6.45, 7) is 3.06. The van der Waals surface area contributed by atoms with Crippen LogP contribution in [0.25, 0.3) is 22.2 Å². The Morgan fingerprint density at radius 1 is 0.909 bits per heavy atom. The second-order valence-electron chi connectivity index (χ2n) is 8.90. The van der Waals surface area contributed by atoms with Crippen LogP contribution in [0.15, 0.2) is 73.1 Å². The SMILES string of the molecule is CN1CCN(Cc2nc3ccccc3n2C)CC(Cc2ccc(-c3ccncc3)cc2)C1=O. The van der Waals surface area contributed by atoms with Crippen LogP contribution in [0.1, 0.15) is 11.4 Å².